The van der Waals surface area contributed by atoms with Crippen molar-refractivity contribution in [3.05, 3.63) is 22.4 Å². The summed E-state index contributed by atoms with van der Waals surface area (Å²) in [4.78, 5) is 1.44. The van der Waals surface area contributed by atoms with Crippen molar-refractivity contribution in [2.24, 2.45) is 0 Å². The Kier molecular flexibility index (Phi) is 4.00. The molecule has 0 amide bonds. The second-order valence-corrected chi connectivity index (χ2v) is 5.86. The second kappa shape index (κ2) is 5.30. The number of aliphatic hydroxyl groups excluding tert-OH is 1. The molecule has 0 aromatic carbocycles. The monoisotopic (exact) mass is 239 g/mol. The SMILES string of the molecule is CCC(Cc1cccs1)NC1(CO)CCC1. The predicted molar refractivity (Wildman–Crippen MR) is 68.9 cm³/mol. The Hall–Kier alpha value is -0.380. The number of hydrogen-bond acceptors (Lipinski definition) is 3. The Balaban J connectivity index is 1.90. The van der Waals surface area contributed by atoms with Gasteiger partial charge in [0.25, 0.3) is 0 Å². The quantitative estimate of drug-likeness (QED) is 0.799. The molecule has 2 N–H and O–H groups in total. The molecular weight excluding hydrogens is 218 g/mol. The van der Waals surface area contributed by atoms with E-state index in [1.807, 2.05) is 11.3 Å². The Morgan fingerprint density at radius 1 is 1.56 bits per heavy atom. The third kappa shape index (κ3) is 2.65. The van der Waals surface area contributed by atoms with Crippen LogP contribution >= 0.6 is 11.3 Å². The van der Waals surface area contributed by atoms with Crippen LogP contribution in [0.25, 0.3) is 0 Å². The van der Waals surface area contributed by atoms with Gasteiger partial charge in [-0.2, -0.15) is 0 Å². The summed E-state index contributed by atoms with van der Waals surface area (Å²) in [5.41, 5.74) is 0.0396. The Morgan fingerprint density at radius 3 is 2.81 bits per heavy atom. The first-order valence-corrected chi connectivity index (χ1v) is 7.07. The highest BCUT2D eigenvalue weighted by Crippen LogP contribution is 2.32. The zero-order valence-electron chi connectivity index (χ0n) is 9.91. The van der Waals surface area contributed by atoms with Gasteiger partial charge in [0.1, 0.15) is 0 Å². The molecule has 0 saturated heterocycles. The molecule has 2 rings (SSSR count). The molecule has 0 spiro atoms. The molecule has 1 aliphatic rings. The first-order chi connectivity index (χ1) is 7.78. The lowest BCUT2D eigenvalue weighted by Gasteiger charge is -2.44. The highest BCUT2D eigenvalue weighted by atomic mass is 32.1. The van der Waals surface area contributed by atoms with E-state index in [1.165, 1.54) is 11.3 Å². The Labute approximate surface area is 102 Å². The van der Waals surface area contributed by atoms with Crippen molar-refractivity contribution in [1.82, 2.24) is 5.32 Å². The smallest absolute Gasteiger partial charge is 0.0613 e. The Bertz CT molecular complexity index is 300. The van der Waals surface area contributed by atoms with Crippen LogP contribution in [0.15, 0.2) is 17.5 Å². The predicted octanol–water partition coefficient (Wildman–Crippen LogP) is 2.57. The van der Waals surface area contributed by atoms with Gasteiger partial charge in [0, 0.05) is 16.5 Å². The second-order valence-electron chi connectivity index (χ2n) is 4.82. The van der Waals surface area contributed by atoms with Crippen LogP contribution in [0, 0.1) is 0 Å². The fraction of sp³-hybridized carbons (Fsp3) is 0.692. The summed E-state index contributed by atoms with van der Waals surface area (Å²) < 4.78 is 0. The normalized spacial score (nSPS) is 20.4. The van der Waals surface area contributed by atoms with Crippen molar-refractivity contribution in [2.45, 2.75) is 50.6 Å². The number of rotatable bonds is 6. The van der Waals surface area contributed by atoms with Crippen molar-refractivity contribution >= 4 is 11.3 Å². The van der Waals surface area contributed by atoms with Crippen LogP contribution in [0.3, 0.4) is 0 Å². The van der Waals surface area contributed by atoms with Crippen molar-refractivity contribution in [1.29, 1.82) is 0 Å². The number of hydrogen-bond donors (Lipinski definition) is 2. The summed E-state index contributed by atoms with van der Waals surface area (Å²) >= 11 is 1.82. The van der Waals surface area contributed by atoms with Gasteiger partial charge in [-0.15, -0.1) is 11.3 Å². The molecule has 1 aromatic rings. The lowest BCUT2D eigenvalue weighted by molar-refractivity contribution is 0.0759. The highest BCUT2D eigenvalue weighted by molar-refractivity contribution is 7.09. The Morgan fingerprint density at radius 2 is 2.38 bits per heavy atom. The molecular formula is C13H21NOS. The standard InChI is InChI=1S/C13H21NOS/c1-2-11(9-12-5-3-8-16-12)14-13(10-15)6-4-7-13/h3,5,8,11,14-15H,2,4,6-7,9-10H2,1H3. The summed E-state index contributed by atoms with van der Waals surface area (Å²) in [6, 6.07) is 4.81. The zero-order chi connectivity index (χ0) is 11.4. The molecule has 1 fully saturated rings. The molecule has 90 valence electrons. The molecule has 1 saturated carbocycles. The van der Waals surface area contributed by atoms with E-state index in [4.69, 9.17) is 0 Å². The van der Waals surface area contributed by atoms with Gasteiger partial charge in [-0.3, -0.25) is 0 Å². The van der Waals surface area contributed by atoms with E-state index in [0.29, 0.717) is 6.04 Å². The number of thiophene rings is 1. The maximum Gasteiger partial charge on any atom is 0.0613 e. The largest absolute Gasteiger partial charge is 0.394 e. The first-order valence-electron chi connectivity index (χ1n) is 6.19. The van der Waals surface area contributed by atoms with E-state index in [0.717, 1.165) is 25.7 Å². The minimum atomic E-state index is 0.0396. The fourth-order valence-electron chi connectivity index (χ4n) is 2.35. The average Bonchev–Trinajstić information content (AvgIpc) is 2.74. The van der Waals surface area contributed by atoms with Crippen LogP contribution in [0.5, 0.6) is 0 Å². The lowest BCUT2D eigenvalue weighted by Crippen LogP contribution is -2.57. The maximum atomic E-state index is 9.45. The van der Waals surface area contributed by atoms with E-state index in [-0.39, 0.29) is 12.1 Å². The molecule has 0 radical (unpaired) electrons. The highest BCUT2D eigenvalue weighted by Gasteiger charge is 2.37. The van der Waals surface area contributed by atoms with Gasteiger partial charge in [-0.1, -0.05) is 13.0 Å². The van der Waals surface area contributed by atoms with Crippen LogP contribution in [-0.2, 0) is 6.42 Å². The van der Waals surface area contributed by atoms with E-state index >= 15 is 0 Å². The molecule has 16 heavy (non-hydrogen) atoms. The summed E-state index contributed by atoms with van der Waals surface area (Å²) in [5.74, 6) is 0. The van der Waals surface area contributed by atoms with E-state index in [1.54, 1.807) is 0 Å². The van der Waals surface area contributed by atoms with E-state index in [9.17, 15) is 5.11 Å². The number of aliphatic hydroxyl groups is 1. The fourth-order valence-corrected chi connectivity index (χ4v) is 3.14. The topological polar surface area (TPSA) is 32.3 Å². The maximum absolute atomic E-state index is 9.45. The lowest BCUT2D eigenvalue weighted by atomic mass is 9.76. The van der Waals surface area contributed by atoms with Gasteiger partial charge in [0.2, 0.25) is 0 Å². The molecule has 1 unspecified atom stereocenters. The minimum Gasteiger partial charge on any atom is -0.394 e. The van der Waals surface area contributed by atoms with Crippen LogP contribution in [-0.4, -0.2) is 23.3 Å². The van der Waals surface area contributed by atoms with E-state index in [2.05, 4.69) is 29.8 Å². The van der Waals surface area contributed by atoms with Gasteiger partial charge in [0.05, 0.1) is 6.61 Å². The minimum absolute atomic E-state index is 0.0396. The van der Waals surface area contributed by atoms with Crippen molar-refractivity contribution in [2.75, 3.05) is 6.61 Å². The molecule has 1 heterocycles. The van der Waals surface area contributed by atoms with Crippen LogP contribution in [0.2, 0.25) is 0 Å². The van der Waals surface area contributed by atoms with Gasteiger partial charge in [-0.05, 0) is 43.6 Å². The molecule has 1 aliphatic carbocycles. The summed E-state index contributed by atoms with van der Waals surface area (Å²) in [5, 5.41) is 15.2. The summed E-state index contributed by atoms with van der Waals surface area (Å²) in [6.07, 6.45) is 5.73. The van der Waals surface area contributed by atoms with Gasteiger partial charge >= 0.3 is 0 Å². The third-order valence-electron chi connectivity index (χ3n) is 3.64. The average molecular weight is 239 g/mol. The van der Waals surface area contributed by atoms with E-state index < -0.39 is 0 Å². The zero-order valence-corrected chi connectivity index (χ0v) is 10.7. The molecule has 0 aliphatic heterocycles. The van der Waals surface area contributed by atoms with Crippen molar-refractivity contribution < 1.29 is 5.11 Å². The van der Waals surface area contributed by atoms with Gasteiger partial charge < -0.3 is 10.4 Å². The summed E-state index contributed by atoms with van der Waals surface area (Å²) in [6.45, 7) is 2.50. The number of nitrogens with one attached hydrogen (secondary N) is 1. The van der Waals surface area contributed by atoms with Crippen LogP contribution in [0.4, 0.5) is 0 Å². The molecule has 0 bridgehead atoms. The van der Waals surface area contributed by atoms with Crippen molar-refractivity contribution in [3.63, 3.8) is 0 Å². The molecule has 1 aromatic heterocycles. The summed E-state index contributed by atoms with van der Waals surface area (Å²) in [7, 11) is 0. The molecule has 2 nitrogen and oxygen atoms in total. The van der Waals surface area contributed by atoms with Crippen molar-refractivity contribution in [3.8, 4) is 0 Å². The molecule has 3 heteroatoms. The van der Waals surface area contributed by atoms with Crippen LogP contribution < -0.4 is 5.32 Å². The van der Waals surface area contributed by atoms with Crippen LogP contribution in [0.1, 0.15) is 37.5 Å². The van der Waals surface area contributed by atoms with Gasteiger partial charge in [0.15, 0.2) is 0 Å². The first kappa shape index (κ1) is 12.1. The molecule has 1 atom stereocenters. The van der Waals surface area contributed by atoms with Gasteiger partial charge in [-0.25, -0.2) is 0 Å². The third-order valence-corrected chi connectivity index (χ3v) is 4.54.